The fraction of sp³-hybridized carbons (Fsp3) is 0.429. The van der Waals surface area contributed by atoms with Crippen LogP contribution in [0, 0.1) is 11.3 Å². The maximum Gasteiger partial charge on any atom is 0.433 e. The highest BCUT2D eigenvalue weighted by Crippen LogP contribution is 2.33. The lowest BCUT2D eigenvalue weighted by Crippen LogP contribution is -2.34. The number of anilines is 1. The summed E-state index contributed by atoms with van der Waals surface area (Å²) in [6.45, 7) is 0.838. The molecule has 1 aliphatic heterocycles. The lowest BCUT2D eigenvalue weighted by Gasteiger charge is -2.32. The van der Waals surface area contributed by atoms with Crippen LogP contribution in [-0.4, -0.2) is 33.3 Å². The second-order valence-electron chi connectivity index (χ2n) is 5.50. The summed E-state index contributed by atoms with van der Waals surface area (Å²) in [5.74, 6) is 0.593. The van der Waals surface area contributed by atoms with E-state index in [0.717, 1.165) is 12.1 Å². The maximum absolute atomic E-state index is 12.8. The van der Waals surface area contributed by atoms with Gasteiger partial charge in [-0.15, -0.1) is 0 Å². The first-order valence-corrected chi connectivity index (χ1v) is 7.26. The molecule has 0 atom stereocenters. The van der Waals surface area contributed by atoms with Crippen LogP contribution in [0.3, 0.4) is 0 Å². The number of rotatable bonds is 2. The van der Waals surface area contributed by atoms with Crippen molar-refractivity contribution in [2.24, 2.45) is 0 Å². The van der Waals surface area contributed by atoms with Gasteiger partial charge in [0.15, 0.2) is 0 Å². The van der Waals surface area contributed by atoms with Gasteiger partial charge < -0.3 is 4.90 Å². The second kappa shape index (κ2) is 5.99. The van der Waals surface area contributed by atoms with E-state index in [1.807, 2.05) is 6.07 Å². The van der Waals surface area contributed by atoms with Gasteiger partial charge in [0.25, 0.3) is 0 Å². The maximum atomic E-state index is 12.8. The summed E-state index contributed by atoms with van der Waals surface area (Å²) < 4.78 is 38.5. The predicted octanol–water partition coefficient (Wildman–Crippen LogP) is 1.77. The van der Waals surface area contributed by atoms with Crippen LogP contribution in [0.5, 0.6) is 0 Å². The van der Waals surface area contributed by atoms with E-state index in [0.29, 0.717) is 31.8 Å². The molecular weight excluding hydrogens is 325 g/mol. The van der Waals surface area contributed by atoms with Crippen molar-refractivity contribution in [1.29, 1.82) is 5.26 Å². The Morgan fingerprint density at radius 2 is 2.00 bits per heavy atom. The fourth-order valence-corrected chi connectivity index (χ4v) is 2.78. The van der Waals surface area contributed by atoms with Gasteiger partial charge in [-0.2, -0.15) is 23.5 Å². The normalized spacial score (nSPS) is 16.2. The molecule has 0 spiro atoms. The Balaban J connectivity index is 1.81. The molecule has 3 heterocycles. The van der Waals surface area contributed by atoms with Crippen molar-refractivity contribution in [3.05, 3.63) is 39.7 Å². The van der Waals surface area contributed by atoms with Gasteiger partial charge in [0.1, 0.15) is 23.4 Å². The quantitative estimate of drug-likeness (QED) is 0.869. The Labute approximate surface area is 134 Å². The van der Waals surface area contributed by atoms with E-state index in [2.05, 4.69) is 20.2 Å². The molecule has 0 unspecified atom stereocenters. The first kappa shape index (κ1) is 16.0. The molecule has 1 aliphatic rings. The molecule has 0 saturated carbocycles. The van der Waals surface area contributed by atoms with Crippen molar-refractivity contribution in [1.82, 2.24) is 20.2 Å². The number of pyridine rings is 1. The standard InChI is InChI=1S/C14H13F3N6O/c15-14(16,17)10-2-1-9(7-18)12(19-10)23-5-3-8(4-6-23)11-20-13(24)22-21-11/h1-2,8H,3-6H2,(H2,20,21,22,24). The van der Waals surface area contributed by atoms with Crippen molar-refractivity contribution in [3.63, 3.8) is 0 Å². The highest BCUT2D eigenvalue weighted by molar-refractivity contribution is 5.55. The second-order valence-corrected chi connectivity index (χ2v) is 5.50. The van der Waals surface area contributed by atoms with E-state index in [9.17, 15) is 18.0 Å². The van der Waals surface area contributed by atoms with Crippen LogP contribution in [0.2, 0.25) is 0 Å². The van der Waals surface area contributed by atoms with Crippen LogP contribution in [-0.2, 0) is 6.18 Å². The van der Waals surface area contributed by atoms with Crippen LogP contribution >= 0.6 is 0 Å². The fourth-order valence-electron chi connectivity index (χ4n) is 2.78. The third-order valence-electron chi connectivity index (χ3n) is 3.99. The Morgan fingerprint density at radius 3 is 2.54 bits per heavy atom. The SMILES string of the molecule is N#Cc1ccc(C(F)(F)F)nc1N1CCC(c2n[nH]c(=O)[nH]2)CC1. The third kappa shape index (κ3) is 3.10. The van der Waals surface area contributed by atoms with Gasteiger partial charge in [-0.1, -0.05) is 0 Å². The van der Waals surface area contributed by atoms with Gasteiger partial charge in [0, 0.05) is 19.0 Å². The molecule has 24 heavy (non-hydrogen) atoms. The highest BCUT2D eigenvalue weighted by atomic mass is 19.4. The largest absolute Gasteiger partial charge is 0.433 e. The van der Waals surface area contributed by atoms with Crippen LogP contribution < -0.4 is 10.6 Å². The van der Waals surface area contributed by atoms with Crippen molar-refractivity contribution in [2.75, 3.05) is 18.0 Å². The Bertz CT molecular complexity index is 826. The summed E-state index contributed by atoms with van der Waals surface area (Å²) in [5.41, 5.74) is -1.30. The number of aromatic amines is 2. The van der Waals surface area contributed by atoms with E-state index < -0.39 is 17.6 Å². The molecule has 0 radical (unpaired) electrons. The van der Waals surface area contributed by atoms with Crippen LogP contribution in [0.25, 0.3) is 0 Å². The van der Waals surface area contributed by atoms with E-state index >= 15 is 0 Å². The van der Waals surface area contributed by atoms with E-state index in [1.165, 1.54) is 0 Å². The lowest BCUT2D eigenvalue weighted by atomic mass is 9.96. The van der Waals surface area contributed by atoms with Crippen molar-refractivity contribution in [2.45, 2.75) is 24.9 Å². The third-order valence-corrected chi connectivity index (χ3v) is 3.99. The van der Waals surface area contributed by atoms with Crippen LogP contribution in [0.1, 0.15) is 35.8 Å². The number of hydrogen-bond acceptors (Lipinski definition) is 5. The topological polar surface area (TPSA) is 101 Å². The molecule has 1 fully saturated rings. The Morgan fingerprint density at radius 1 is 1.29 bits per heavy atom. The molecule has 0 aliphatic carbocycles. The highest BCUT2D eigenvalue weighted by Gasteiger charge is 2.34. The number of alkyl halides is 3. The predicted molar refractivity (Wildman–Crippen MR) is 77.4 cm³/mol. The molecule has 2 aromatic rings. The van der Waals surface area contributed by atoms with Crippen molar-refractivity contribution < 1.29 is 13.2 Å². The van der Waals surface area contributed by atoms with Gasteiger partial charge in [-0.05, 0) is 25.0 Å². The van der Waals surface area contributed by atoms with Crippen molar-refractivity contribution >= 4 is 5.82 Å². The number of nitriles is 1. The first-order valence-electron chi connectivity index (χ1n) is 7.26. The lowest BCUT2D eigenvalue weighted by molar-refractivity contribution is -0.141. The number of H-pyrrole nitrogens is 2. The van der Waals surface area contributed by atoms with Crippen molar-refractivity contribution in [3.8, 4) is 6.07 Å². The number of halogens is 3. The van der Waals surface area contributed by atoms with E-state index in [-0.39, 0.29) is 17.3 Å². The number of nitrogens with one attached hydrogen (secondary N) is 2. The Hall–Kier alpha value is -2.83. The molecule has 3 rings (SSSR count). The van der Waals surface area contributed by atoms with Gasteiger partial charge in [-0.3, -0.25) is 4.98 Å². The minimum absolute atomic E-state index is 0.0107. The summed E-state index contributed by atoms with van der Waals surface area (Å²) in [6, 6.07) is 3.83. The molecule has 0 bridgehead atoms. The van der Waals surface area contributed by atoms with Gasteiger partial charge in [0.05, 0.1) is 5.56 Å². The minimum Gasteiger partial charge on any atom is -0.355 e. The number of aromatic nitrogens is 4. The average Bonchev–Trinajstić information content (AvgIpc) is 3.00. The van der Waals surface area contributed by atoms with Crippen LogP contribution in [0.4, 0.5) is 19.0 Å². The zero-order chi connectivity index (χ0) is 17.3. The summed E-state index contributed by atoms with van der Waals surface area (Å²) in [7, 11) is 0. The van der Waals surface area contributed by atoms with Crippen LogP contribution in [0.15, 0.2) is 16.9 Å². The molecule has 2 aromatic heterocycles. The molecular formula is C14H13F3N6O. The number of nitrogens with zero attached hydrogens (tertiary/aromatic N) is 4. The molecule has 126 valence electrons. The zero-order valence-electron chi connectivity index (χ0n) is 12.4. The summed E-state index contributed by atoms with van der Waals surface area (Å²) in [5, 5.41) is 15.3. The van der Waals surface area contributed by atoms with Gasteiger partial charge in [-0.25, -0.2) is 14.9 Å². The molecule has 10 heteroatoms. The molecule has 0 amide bonds. The van der Waals surface area contributed by atoms with E-state index in [1.54, 1.807) is 4.90 Å². The molecule has 7 nitrogen and oxygen atoms in total. The van der Waals surface area contributed by atoms with Gasteiger partial charge >= 0.3 is 11.9 Å². The average molecular weight is 338 g/mol. The summed E-state index contributed by atoms with van der Waals surface area (Å²) >= 11 is 0. The molecule has 0 aromatic carbocycles. The smallest absolute Gasteiger partial charge is 0.355 e. The summed E-state index contributed by atoms with van der Waals surface area (Å²) in [6.07, 6.45) is -3.39. The number of hydrogen-bond donors (Lipinski definition) is 2. The summed E-state index contributed by atoms with van der Waals surface area (Å²) in [4.78, 5) is 19.0. The molecule has 2 N–H and O–H groups in total. The van der Waals surface area contributed by atoms with E-state index in [4.69, 9.17) is 5.26 Å². The zero-order valence-corrected chi connectivity index (χ0v) is 12.4. The van der Waals surface area contributed by atoms with Gasteiger partial charge in [0.2, 0.25) is 0 Å². The first-order chi connectivity index (χ1) is 11.4. The minimum atomic E-state index is -4.56. The monoisotopic (exact) mass is 338 g/mol. The molecule has 1 saturated heterocycles. The number of piperidine rings is 1. The Kier molecular flexibility index (Phi) is 4.01.